The molecular formula is C14H23N. The fraction of sp³-hybridized carbons (Fsp3) is 0.571. The molecule has 0 unspecified atom stereocenters. The van der Waals surface area contributed by atoms with Crippen LogP contribution in [0, 0.1) is 5.92 Å². The lowest BCUT2D eigenvalue weighted by Crippen LogP contribution is -2.32. The second-order valence-corrected chi connectivity index (χ2v) is 3.96. The van der Waals surface area contributed by atoms with Gasteiger partial charge >= 0.3 is 0 Å². The Morgan fingerprint density at radius 1 is 1.13 bits per heavy atom. The number of hydrogen-bond acceptors (Lipinski definition) is 1. The lowest BCUT2D eigenvalue weighted by Gasteiger charge is -2.30. The van der Waals surface area contributed by atoms with E-state index in [4.69, 9.17) is 0 Å². The van der Waals surface area contributed by atoms with Crippen LogP contribution in [0.4, 0.5) is 0 Å². The van der Waals surface area contributed by atoms with Crippen LogP contribution in [-0.2, 0) is 0 Å². The third-order valence-electron chi connectivity index (χ3n) is 2.93. The van der Waals surface area contributed by atoms with Gasteiger partial charge in [-0.25, -0.2) is 0 Å². The number of nitrogens with one attached hydrogen (secondary N) is 1. The molecule has 0 bridgehead atoms. The largest absolute Gasteiger partial charge is 0.310 e. The Kier molecular flexibility index (Phi) is 5.41. The second-order valence-electron chi connectivity index (χ2n) is 3.96. The highest BCUT2D eigenvalue weighted by Gasteiger charge is 2.21. The van der Waals surface area contributed by atoms with Crippen LogP contribution in [0.3, 0.4) is 0 Å². The Bertz CT molecular complexity index is 255. The topological polar surface area (TPSA) is 12.0 Å². The first-order valence-electron chi connectivity index (χ1n) is 6.16. The lowest BCUT2D eigenvalue weighted by atomic mass is 9.88. The van der Waals surface area contributed by atoms with Crippen LogP contribution in [0.25, 0.3) is 0 Å². The summed E-state index contributed by atoms with van der Waals surface area (Å²) in [7, 11) is 0. The Morgan fingerprint density at radius 2 is 1.80 bits per heavy atom. The smallest absolute Gasteiger partial charge is 0.0346 e. The van der Waals surface area contributed by atoms with Gasteiger partial charge in [-0.3, -0.25) is 0 Å². The zero-order chi connectivity index (χ0) is 11.1. The quantitative estimate of drug-likeness (QED) is 0.736. The van der Waals surface area contributed by atoms with Crippen molar-refractivity contribution in [3.63, 3.8) is 0 Å². The minimum absolute atomic E-state index is 0.579. The maximum absolute atomic E-state index is 3.59. The van der Waals surface area contributed by atoms with Crippen LogP contribution in [0.2, 0.25) is 0 Å². The van der Waals surface area contributed by atoms with Crippen LogP contribution in [0.15, 0.2) is 30.3 Å². The van der Waals surface area contributed by atoms with E-state index in [0.29, 0.717) is 6.04 Å². The summed E-state index contributed by atoms with van der Waals surface area (Å²) in [5, 5.41) is 3.59. The molecule has 15 heavy (non-hydrogen) atoms. The Morgan fingerprint density at radius 3 is 2.40 bits per heavy atom. The van der Waals surface area contributed by atoms with Crippen LogP contribution in [0.5, 0.6) is 0 Å². The molecule has 2 rings (SSSR count). The molecule has 1 heterocycles. The maximum Gasteiger partial charge on any atom is 0.0346 e. The fourth-order valence-electron chi connectivity index (χ4n) is 2.16. The van der Waals surface area contributed by atoms with E-state index in [2.05, 4.69) is 42.6 Å². The predicted octanol–water partition coefficient (Wildman–Crippen LogP) is 3.77. The third kappa shape index (κ3) is 3.35. The molecule has 1 fully saturated rings. The van der Waals surface area contributed by atoms with Crippen molar-refractivity contribution in [2.45, 2.75) is 39.7 Å². The highest BCUT2D eigenvalue weighted by molar-refractivity contribution is 5.19. The van der Waals surface area contributed by atoms with Gasteiger partial charge < -0.3 is 5.32 Å². The molecule has 1 aliphatic rings. The Balaban J connectivity index is 0.000000531. The molecule has 1 aromatic rings. The second kappa shape index (κ2) is 6.62. The van der Waals surface area contributed by atoms with Gasteiger partial charge in [0, 0.05) is 6.04 Å². The monoisotopic (exact) mass is 205 g/mol. The molecule has 0 aliphatic carbocycles. The van der Waals surface area contributed by atoms with Gasteiger partial charge in [-0.2, -0.15) is 0 Å². The minimum atomic E-state index is 0.579. The van der Waals surface area contributed by atoms with E-state index >= 15 is 0 Å². The Labute approximate surface area is 93.9 Å². The molecule has 1 aromatic carbocycles. The summed E-state index contributed by atoms with van der Waals surface area (Å²) >= 11 is 0. The molecule has 0 saturated carbocycles. The fourth-order valence-corrected chi connectivity index (χ4v) is 2.16. The van der Waals surface area contributed by atoms with E-state index in [9.17, 15) is 0 Å². The van der Waals surface area contributed by atoms with E-state index < -0.39 is 0 Å². The van der Waals surface area contributed by atoms with Crippen LogP contribution >= 0.6 is 0 Å². The predicted molar refractivity (Wildman–Crippen MR) is 66.9 cm³/mol. The lowest BCUT2D eigenvalue weighted by molar-refractivity contribution is 0.306. The first-order valence-corrected chi connectivity index (χ1v) is 6.16. The van der Waals surface area contributed by atoms with E-state index in [-0.39, 0.29) is 0 Å². The summed E-state index contributed by atoms with van der Waals surface area (Å²) in [6.07, 6.45) is 2.68. The van der Waals surface area contributed by atoms with Crippen LogP contribution in [-0.4, -0.2) is 6.54 Å². The third-order valence-corrected chi connectivity index (χ3v) is 2.93. The number of piperidine rings is 1. The van der Waals surface area contributed by atoms with Gasteiger partial charge in [0.15, 0.2) is 0 Å². The van der Waals surface area contributed by atoms with Crippen molar-refractivity contribution in [3.8, 4) is 0 Å². The van der Waals surface area contributed by atoms with Crippen molar-refractivity contribution in [2.75, 3.05) is 6.54 Å². The molecule has 1 N–H and O–H groups in total. The highest BCUT2D eigenvalue weighted by Crippen LogP contribution is 2.28. The number of benzene rings is 1. The Hall–Kier alpha value is -0.820. The molecule has 1 saturated heterocycles. The molecular weight excluding hydrogens is 182 g/mol. The summed E-state index contributed by atoms with van der Waals surface area (Å²) < 4.78 is 0. The first-order chi connectivity index (χ1) is 7.38. The summed E-state index contributed by atoms with van der Waals surface area (Å²) in [5.41, 5.74) is 1.44. The molecule has 2 atom stereocenters. The van der Waals surface area contributed by atoms with Crippen molar-refractivity contribution >= 4 is 0 Å². The van der Waals surface area contributed by atoms with E-state index in [0.717, 1.165) is 5.92 Å². The zero-order valence-electron chi connectivity index (χ0n) is 10.2. The summed E-state index contributed by atoms with van der Waals surface area (Å²) in [5.74, 6) is 0.774. The minimum Gasteiger partial charge on any atom is -0.310 e. The van der Waals surface area contributed by atoms with Gasteiger partial charge in [-0.05, 0) is 30.9 Å². The molecule has 1 aliphatic heterocycles. The zero-order valence-corrected chi connectivity index (χ0v) is 10.2. The highest BCUT2D eigenvalue weighted by atomic mass is 14.9. The van der Waals surface area contributed by atoms with Crippen molar-refractivity contribution in [1.29, 1.82) is 0 Å². The summed E-state index contributed by atoms with van der Waals surface area (Å²) in [6.45, 7) is 7.51. The SMILES string of the molecule is CC.C[C@@H]1CCCN[C@@H]1c1ccccc1. The average Bonchev–Trinajstić information content (AvgIpc) is 2.33. The normalized spacial score (nSPS) is 25.3. The average molecular weight is 205 g/mol. The van der Waals surface area contributed by atoms with Gasteiger partial charge in [-0.15, -0.1) is 0 Å². The van der Waals surface area contributed by atoms with Gasteiger partial charge in [-0.1, -0.05) is 51.1 Å². The molecule has 0 aromatic heterocycles. The number of rotatable bonds is 1. The van der Waals surface area contributed by atoms with Crippen molar-refractivity contribution in [3.05, 3.63) is 35.9 Å². The van der Waals surface area contributed by atoms with Crippen molar-refractivity contribution < 1.29 is 0 Å². The maximum atomic E-state index is 3.59. The van der Waals surface area contributed by atoms with Crippen LogP contribution < -0.4 is 5.32 Å². The molecule has 1 heteroatoms. The molecule has 0 amide bonds. The van der Waals surface area contributed by atoms with E-state index in [1.807, 2.05) is 13.8 Å². The molecule has 84 valence electrons. The number of hydrogen-bond donors (Lipinski definition) is 1. The first kappa shape index (κ1) is 12.3. The van der Waals surface area contributed by atoms with Gasteiger partial charge in [0.25, 0.3) is 0 Å². The molecule has 1 nitrogen and oxygen atoms in total. The standard InChI is InChI=1S/C12H17N.C2H6/c1-10-6-5-9-13-12(10)11-7-3-2-4-8-11;1-2/h2-4,7-8,10,12-13H,5-6,9H2,1H3;1-2H3/t10-,12+;/m1./s1. The van der Waals surface area contributed by atoms with Gasteiger partial charge in [0.2, 0.25) is 0 Å². The van der Waals surface area contributed by atoms with E-state index in [1.54, 1.807) is 0 Å². The summed E-state index contributed by atoms with van der Waals surface area (Å²) in [6, 6.07) is 11.3. The van der Waals surface area contributed by atoms with Crippen molar-refractivity contribution in [2.24, 2.45) is 5.92 Å². The molecule has 0 spiro atoms. The van der Waals surface area contributed by atoms with E-state index in [1.165, 1.54) is 24.9 Å². The molecule has 0 radical (unpaired) electrons. The summed E-state index contributed by atoms with van der Waals surface area (Å²) in [4.78, 5) is 0. The van der Waals surface area contributed by atoms with Crippen molar-refractivity contribution in [1.82, 2.24) is 5.32 Å². The van der Waals surface area contributed by atoms with Crippen LogP contribution in [0.1, 0.15) is 45.2 Å². The van der Waals surface area contributed by atoms with Gasteiger partial charge in [0.05, 0.1) is 0 Å². The van der Waals surface area contributed by atoms with Gasteiger partial charge in [0.1, 0.15) is 0 Å².